The number of hydrogen-bond donors (Lipinski definition) is 0. The summed E-state index contributed by atoms with van der Waals surface area (Å²) in [6, 6.07) is 0. The van der Waals surface area contributed by atoms with Crippen LogP contribution in [0.15, 0.2) is 0 Å². The fourth-order valence-corrected chi connectivity index (χ4v) is 5.00. The van der Waals surface area contributed by atoms with E-state index in [0.717, 1.165) is 22.7 Å². The lowest BCUT2D eigenvalue weighted by Gasteiger charge is -2.20. The Hall–Kier alpha value is 0.350. The van der Waals surface area contributed by atoms with Crippen molar-refractivity contribution in [3.05, 3.63) is 0 Å². The topological polar surface area (TPSA) is 0 Å². The van der Waals surface area contributed by atoms with Crippen LogP contribution >= 0.6 is 0 Å². The molecule has 1 aliphatic heterocycles. The summed E-state index contributed by atoms with van der Waals surface area (Å²) >= 11 is 0. The molecule has 2 rings (SSSR count). The molecule has 58 valence electrons. The molecule has 0 radical (unpaired) electrons. The van der Waals surface area contributed by atoms with Gasteiger partial charge in [0.1, 0.15) is 11.5 Å². The van der Waals surface area contributed by atoms with Gasteiger partial charge in [0.05, 0.1) is 6.26 Å². The zero-order chi connectivity index (χ0) is 6.97. The average molecular weight is 157 g/mol. The van der Waals surface area contributed by atoms with Gasteiger partial charge in [-0.15, -0.1) is 0 Å². The van der Waals surface area contributed by atoms with E-state index in [-0.39, 0.29) is 0 Å². The first-order valence-corrected chi connectivity index (χ1v) is 6.42. The summed E-state index contributed by atoms with van der Waals surface area (Å²) in [7, 11) is 0.807. The van der Waals surface area contributed by atoms with Gasteiger partial charge in [-0.1, -0.05) is 12.8 Å². The third-order valence-corrected chi connectivity index (χ3v) is 5.06. The highest BCUT2D eigenvalue weighted by Gasteiger charge is 2.39. The van der Waals surface area contributed by atoms with Crippen LogP contribution in [-0.4, -0.2) is 17.8 Å². The second-order valence-electron chi connectivity index (χ2n) is 3.92. The molecular weight excluding hydrogens is 140 g/mol. The highest BCUT2D eigenvalue weighted by Crippen LogP contribution is 2.37. The first-order valence-electron chi connectivity index (χ1n) is 4.45. The van der Waals surface area contributed by atoms with Crippen LogP contribution in [0.1, 0.15) is 25.7 Å². The molecule has 0 aromatic heterocycles. The van der Waals surface area contributed by atoms with Crippen molar-refractivity contribution in [2.24, 2.45) is 11.8 Å². The third-order valence-electron chi connectivity index (χ3n) is 3.06. The van der Waals surface area contributed by atoms with Crippen LogP contribution in [0.2, 0.25) is 0 Å². The van der Waals surface area contributed by atoms with Crippen molar-refractivity contribution < 1.29 is 0 Å². The van der Waals surface area contributed by atoms with Gasteiger partial charge in [-0.2, -0.15) is 0 Å². The van der Waals surface area contributed by atoms with Crippen LogP contribution < -0.4 is 0 Å². The number of fused-ring (bicyclic) bond motifs is 1. The maximum atomic E-state index is 2.46. The molecule has 0 bridgehead atoms. The first kappa shape index (κ1) is 7.02. The van der Waals surface area contributed by atoms with Crippen LogP contribution in [0.3, 0.4) is 0 Å². The van der Waals surface area contributed by atoms with E-state index >= 15 is 0 Å². The predicted octanol–water partition coefficient (Wildman–Crippen LogP) is 2.05. The monoisotopic (exact) mass is 157 g/mol. The van der Waals surface area contributed by atoms with E-state index in [1.807, 2.05) is 0 Å². The van der Waals surface area contributed by atoms with Gasteiger partial charge in [0, 0.05) is 11.8 Å². The highest BCUT2D eigenvalue weighted by atomic mass is 32.2. The molecule has 1 heteroatoms. The van der Waals surface area contributed by atoms with Crippen molar-refractivity contribution in [1.82, 2.24) is 0 Å². The van der Waals surface area contributed by atoms with Gasteiger partial charge < -0.3 is 0 Å². The molecule has 0 aromatic carbocycles. The van der Waals surface area contributed by atoms with E-state index in [0.29, 0.717) is 0 Å². The third kappa shape index (κ3) is 1.20. The molecule has 2 atom stereocenters. The molecule has 2 fully saturated rings. The Bertz CT molecular complexity index is 108. The van der Waals surface area contributed by atoms with Gasteiger partial charge in [-0.05, 0) is 23.7 Å². The van der Waals surface area contributed by atoms with Gasteiger partial charge in [0.2, 0.25) is 0 Å². The molecule has 0 N–H and O–H groups in total. The average Bonchev–Trinajstić information content (AvgIpc) is 2.27. The normalized spacial score (nSPS) is 47.1. The molecule has 1 aliphatic carbocycles. The van der Waals surface area contributed by atoms with Gasteiger partial charge in [-0.25, -0.2) is 0 Å². The Morgan fingerprint density at radius 1 is 1.00 bits per heavy atom. The maximum absolute atomic E-state index is 2.46. The lowest BCUT2D eigenvalue weighted by Crippen LogP contribution is -2.16. The van der Waals surface area contributed by atoms with E-state index in [9.17, 15) is 0 Å². The Morgan fingerprint density at radius 3 is 2.00 bits per heavy atom. The quantitative estimate of drug-likeness (QED) is 0.472. The van der Waals surface area contributed by atoms with E-state index in [4.69, 9.17) is 0 Å². The van der Waals surface area contributed by atoms with E-state index in [1.165, 1.54) is 12.8 Å². The molecule has 2 aliphatic rings. The molecule has 1 heterocycles. The van der Waals surface area contributed by atoms with Gasteiger partial charge >= 0.3 is 0 Å². The molecule has 0 nitrogen and oxygen atoms in total. The Labute approximate surface area is 66.7 Å². The number of hydrogen-bond acceptors (Lipinski definition) is 0. The Morgan fingerprint density at radius 2 is 1.50 bits per heavy atom. The van der Waals surface area contributed by atoms with Crippen LogP contribution in [-0.2, 0) is 10.9 Å². The second-order valence-corrected chi connectivity index (χ2v) is 6.15. The fraction of sp³-hybridized carbons (Fsp3) is 1.00. The highest BCUT2D eigenvalue weighted by molar-refractivity contribution is 7.96. The van der Waals surface area contributed by atoms with Crippen molar-refractivity contribution in [2.75, 3.05) is 17.8 Å². The predicted molar refractivity (Wildman–Crippen MR) is 48.5 cm³/mol. The van der Waals surface area contributed by atoms with Crippen LogP contribution in [0.25, 0.3) is 0 Å². The Balaban J connectivity index is 1.97. The van der Waals surface area contributed by atoms with Gasteiger partial charge in [0.15, 0.2) is 0 Å². The minimum absolute atomic E-state index is 0.807. The first-order chi connectivity index (χ1) is 4.86. The summed E-state index contributed by atoms with van der Waals surface area (Å²) in [5.41, 5.74) is 0. The van der Waals surface area contributed by atoms with E-state index in [1.54, 1.807) is 24.3 Å². The van der Waals surface area contributed by atoms with Crippen molar-refractivity contribution in [3.63, 3.8) is 0 Å². The molecule has 0 amide bonds. The molecule has 10 heavy (non-hydrogen) atoms. The molecule has 1 saturated carbocycles. The van der Waals surface area contributed by atoms with Crippen molar-refractivity contribution in [1.29, 1.82) is 0 Å². The van der Waals surface area contributed by atoms with E-state index < -0.39 is 0 Å². The van der Waals surface area contributed by atoms with E-state index in [2.05, 4.69) is 6.26 Å². The molecule has 1 saturated heterocycles. The largest absolute Gasteiger partial charge is 0.111 e. The minimum Gasteiger partial charge on any atom is -0.0528 e. The second kappa shape index (κ2) is 2.77. The zero-order valence-corrected chi connectivity index (χ0v) is 7.62. The SMILES string of the molecule is C[S+]1CC2CCCCC2C1. The van der Waals surface area contributed by atoms with Gasteiger partial charge in [-0.3, -0.25) is 0 Å². The molecule has 0 spiro atoms. The Kier molecular flexibility index (Phi) is 1.94. The molecule has 2 unspecified atom stereocenters. The lowest BCUT2D eigenvalue weighted by molar-refractivity contribution is 0.299. The summed E-state index contributed by atoms with van der Waals surface area (Å²) in [4.78, 5) is 0. The molecular formula is C9H17S+. The van der Waals surface area contributed by atoms with Crippen molar-refractivity contribution in [3.8, 4) is 0 Å². The summed E-state index contributed by atoms with van der Waals surface area (Å²) in [6.45, 7) is 0. The van der Waals surface area contributed by atoms with Gasteiger partial charge in [0.25, 0.3) is 0 Å². The van der Waals surface area contributed by atoms with Crippen LogP contribution in [0, 0.1) is 11.8 Å². The summed E-state index contributed by atoms with van der Waals surface area (Å²) < 4.78 is 0. The smallest absolute Gasteiger partial charge is 0.0528 e. The molecule has 0 aromatic rings. The maximum Gasteiger partial charge on any atom is 0.111 e. The summed E-state index contributed by atoms with van der Waals surface area (Å²) in [6.07, 6.45) is 8.62. The summed E-state index contributed by atoms with van der Waals surface area (Å²) in [5.74, 6) is 5.46. The van der Waals surface area contributed by atoms with Crippen molar-refractivity contribution in [2.45, 2.75) is 25.7 Å². The minimum atomic E-state index is 0.807. The number of rotatable bonds is 0. The fourth-order valence-electron chi connectivity index (χ4n) is 2.52. The zero-order valence-electron chi connectivity index (χ0n) is 6.81. The standard InChI is InChI=1S/C9H17S/c1-10-6-8-4-2-3-5-9(8)7-10/h8-9H,2-7H2,1H3/q+1. The van der Waals surface area contributed by atoms with Crippen molar-refractivity contribution >= 4 is 10.9 Å². The van der Waals surface area contributed by atoms with Crippen LogP contribution in [0.5, 0.6) is 0 Å². The van der Waals surface area contributed by atoms with Crippen LogP contribution in [0.4, 0.5) is 0 Å². The summed E-state index contributed by atoms with van der Waals surface area (Å²) in [5, 5.41) is 0. The lowest BCUT2D eigenvalue weighted by atomic mass is 9.82.